The van der Waals surface area contributed by atoms with Crippen LogP contribution < -0.4 is 21.1 Å². The minimum Gasteiger partial charge on any atom is -0.493 e. The summed E-state index contributed by atoms with van der Waals surface area (Å²) >= 11 is 0. The number of nitrogens with zero attached hydrogens (tertiary/aromatic N) is 3. The van der Waals surface area contributed by atoms with Gasteiger partial charge in [-0.3, -0.25) is 9.69 Å². The van der Waals surface area contributed by atoms with Gasteiger partial charge in [0.2, 0.25) is 5.95 Å². The molecule has 1 aliphatic rings. The highest BCUT2D eigenvalue weighted by molar-refractivity contribution is 6.04. The fourth-order valence-electron chi connectivity index (χ4n) is 4.21. The van der Waals surface area contributed by atoms with Crippen molar-refractivity contribution in [2.24, 2.45) is 0 Å². The van der Waals surface area contributed by atoms with E-state index >= 15 is 0 Å². The molecule has 2 heterocycles. The number of ether oxygens (including phenoxy) is 1. The minimum atomic E-state index is -0.209. The number of fused-ring (bicyclic) bond motifs is 7. The number of nitrogens with two attached hydrogens (primary N) is 1. The zero-order chi connectivity index (χ0) is 26.3. The minimum absolute atomic E-state index is 0.209. The molecular formula is C30H30N6O2. The number of benzene rings is 3. The molecular weight excluding hydrogens is 476 g/mol. The van der Waals surface area contributed by atoms with Gasteiger partial charge in [-0.15, -0.1) is 0 Å². The van der Waals surface area contributed by atoms with E-state index in [0.29, 0.717) is 36.0 Å². The molecule has 5 rings (SSSR count). The summed E-state index contributed by atoms with van der Waals surface area (Å²) in [5.74, 6) is 1.05. The molecule has 192 valence electrons. The predicted molar refractivity (Wildman–Crippen MR) is 152 cm³/mol. The van der Waals surface area contributed by atoms with Crippen LogP contribution in [0, 0.1) is 0 Å². The first-order valence-corrected chi connectivity index (χ1v) is 12.5. The van der Waals surface area contributed by atoms with Gasteiger partial charge in [0, 0.05) is 47.5 Å². The molecule has 4 aromatic rings. The molecule has 0 radical (unpaired) electrons. The lowest BCUT2D eigenvalue weighted by Gasteiger charge is -2.17. The second-order valence-corrected chi connectivity index (χ2v) is 9.22. The molecule has 0 saturated carbocycles. The normalized spacial score (nSPS) is 14.8. The number of aromatic nitrogens is 2. The number of likely N-dealkylation sites (N-methyl/N-ethyl adjacent to an activating group) is 1. The molecule has 8 heteroatoms. The van der Waals surface area contributed by atoms with Crippen LogP contribution in [0.25, 0.3) is 11.3 Å². The summed E-state index contributed by atoms with van der Waals surface area (Å²) in [5.41, 5.74) is 11.1. The van der Waals surface area contributed by atoms with Crippen molar-refractivity contribution in [1.82, 2.24) is 14.9 Å². The molecule has 8 nitrogen and oxygen atoms in total. The first-order valence-electron chi connectivity index (χ1n) is 12.5. The summed E-state index contributed by atoms with van der Waals surface area (Å²) in [4.78, 5) is 24.3. The van der Waals surface area contributed by atoms with E-state index in [1.54, 1.807) is 30.5 Å². The number of anilines is 4. The molecule has 0 aliphatic carbocycles. The number of nitrogen functional groups attached to an aromatic ring is 1. The van der Waals surface area contributed by atoms with Gasteiger partial charge < -0.3 is 21.1 Å². The van der Waals surface area contributed by atoms with Crippen molar-refractivity contribution in [2.75, 3.05) is 36.6 Å². The van der Waals surface area contributed by atoms with Crippen LogP contribution in [0.5, 0.6) is 5.75 Å². The predicted octanol–water partition coefficient (Wildman–Crippen LogP) is 5.49. The van der Waals surface area contributed by atoms with Crippen molar-refractivity contribution in [3.63, 3.8) is 0 Å². The Labute approximate surface area is 222 Å². The van der Waals surface area contributed by atoms with E-state index in [2.05, 4.69) is 39.7 Å². The molecule has 4 N–H and O–H groups in total. The second-order valence-electron chi connectivity index (χ2n) is 9.22. The van der Waals surface area contributed by atoms with Gasteiger partial charge in [0.1, 0.15) is 5.75 Å². The Kier molecular flexibility index (Phi) is 7.61. The average molecular weight is 507 g/mol. The van der Waals surface area contributed by atoms with Gasteiger partial charge in [-0.2, -0.15) is 0 Å². The summed E-state index contributed by atoms with van der Waals surface area (Å²) in [5, 5.41) is 6.33. The smallest absolute Gasteiger partial charge is 0.255 e. The molecule has 0 unspecified atom stereocenters. The van der Waals surface area contributed by atoms with Gasteiger partial charge in [-0.05, 0) is 79.7 Å². The van der Waals surface area contributed by atoms with Crippen molar-refractivity contribution in [1.29, 1.82) is 0 Å². The largest absolute Gasteiger partial charge is 0.493 e. The maximum absolute atomic E-state index is 12.9. The Morgan fingerprint density at radius 3 is 2.79 bits per heavy atom. The van der Waals surface area contributed by atoms with Crippen molar-refractivity contribution in [2.45, 2.75) is 13.0 Å². The quantitative estimate of drug-likeness (QED) is 0.244. The van der Waals surface area contributed by atoms with Gasteiger partial charge in [-0.1, -0.05) is 24.3 Å². The lowest BCUT2D eigenvalue weighted by molar-refractivity contribution is 0.102. The fourth-order valence-corrected chi connectivity index (χ4v) is 4.21. The zero-order valence-electron chi connectivity index (χ0n) is 21.2. The average Bonchev–Trinajstić information content (AvgIpc) is 2.91. The molecule has 1 amide bonds. The number of carbonyl (C=O) groups excluding carboxylic acids is 1. The van der Waals surface area contributed by atoms with Gasteiger partial charge in [-0.25, -0.2) is 9.97 Å². The van der Waals surface area contributed by atoms with Gasteiger partial charge >= 0.3 is 0 Å². The topological polar surface area (TPSA) is 105 Å². The van der Waals surface area contributed by atoms with Crippen LogP contribution in [-0.4, -0.2) is 41.0 Å². The highest BCUT2D eigenvalue weighted by atomic mass is 16.5. The number of hydrogen-bond acceptors (Lipinski definition) is 7. The van der Waals surface area contributed by atoms with Crippen LogP contribution in [-0.2, 0) is 6.54 Å². The molecule has 0 fully saturated rings. The van der Waals surface area contributed by atoms with Crippen molar-refractivity contribution < 1.29 is 9.53 Å². The highest BCUT2D eigenvalue weighted by Crippen LogP contribution is 2.26. The number of hydrogen-bond donors (Lipinski definition) is 3. The third kappa shape index (κ3) is 6.54. The lowest BCUT2D eigenvalue weighted by atomic mass is 10.1. The number of carbonyl (C=O) groups is 1. The Hall–Kier alpha value is -4.69. The maximum Gasteiger partial charge on any atom is 0.255 e. The molecule has 1 aromatic heterocycles. The van der Waals surface area contributed by atoms with Crippen LogP contribution in [0.3, 0.4) is 0 Å². The van der Waals surface area contributed by atoms with E-state index in [-0.39, 0.29) is 5.91 Å². The Balaban J connectivity index is 1.48. The second kappa shape index (κ2) is 11.6. The molecule has 3 aromatic carbocycles. The standard InChI is InChI=1S/C30H30N6O2/c1-36-14-3-2-4-15-38-27-7-5-6-23(18-27)28-12-13-32-30(35-28)34-26-17-21(20-36)16-25(19-26)33-29(37)22-8-10-24(31)11-9-22/h2-3,5-13,16-19H,4,14-15,20,31H2,1H3,(H,33,37)(H,32,34,35)/b3-2+. The maximum atomic E-state index is 12.9. The van der Waals surface area contributed by atoms with E-state index in [0.717, 1.165) is 41.2 Å². The highest BCUT2D eigenvalue weighted by Gasteiger charge is 2.11. The summed E-state index contributed by atoms with van der Waals surface area (Å²) < 4.78 is 5.94. The fraction of sp³-hybridized carbons (Fsp3) is 0.167. The number of nitrogens with one attached hydrogen (secondary N) is 2. The number of amides is 1. The summed E-state index contributed by atoms with van der Waals surface area (Å²) in [6.07, 6.45) is 6.82. The number of rotatable bonds is 2. The van der Waals surface area contributed by atoms with E-state index in [4.69, 9.17) is 15.5 Å². The van der Waals surface area contributed by atoms with Crippen molar-refractivity contribution >= 4 is 28.9 Å². The third-order valence-corrected chi connectivity index (χ3v) is 6.05. The molecule has 1 aliphatic heterocycles. The Morgan fingerprint density at radius 2 is 1.92 bits per heavy atom. The van der Waals surface area contributed by atoms with Crippen LogP contribution in [0.2, 0.25) is 0 Å². The molecule has 0 atom stereocenters. The van der Waals surface area contributed by atoms with Crippen LogP contribution in [0.1, 0.15) is 22.3 Å². The monoisotopic (exact) mass is 506 g/mol. The zero-order valence-corrected chi connectivity index (χ0v) is 21.2. The van der Waals surface area contributed by atoms with Crippen LogP contribution >= 0.6 is 0 Å². The first-order chi connectivity index (χ1) is 18.5. The van der Waals surface area contributed by atoms with E-state index < -0.39 is 0 Å². The van der Waals surface area contributed by atoms with Gasteiger partial charge in [0.05, 0.1) is 12.3 Å². The van der Waals surface area contributed by atoms with E-state index in [1.807, 2.05) is 48.5 Å². The summed E-state index contributed by atoms with van der Waals surface area (Å²) in [6, 6.07) is 22.5. The van der Waals surface area contributed by atoms with Crippen molar-refractivity contribution in [3.05, 3.63) is 102 Å². The molecule has 0 spiro atoms. The van der Waals surface area contributed by atoms with Crippen LogP contribution in [0.15, 0.2) is 91.1 Å². The molecule has 6 bridgehead atoms. The van der Waals surface area contributed by atoms with Gasteiger partial charge in [0.25, 0.3) is 5.91 Å². The first kappa shape index (κ1) is 25.0. The van der Waals surface area contributed by atoms with Gasteiger partial charge in [0.15, 0.2) is 0 Å². The third-order valence-electron chi connectivity index (χ3n) is 6.05. The SMILES string of the molecule is CN1C/C=C/CCOc2cccc(c2)-c2ccnc(n2)Nc2cc(cc(NC(=O)c3ccc(N)cc3)c2)C1. The Morgan fingerprint density at radius 1 is 1.05 bits per heavy atom. The summed E-state index contributed by atoms with van der Waals surface area (Å²) in [6.45, 7) is 2.07. The lowest BCUT2D eigenvalue weighted by Crippen LogP contribution is -2.18. The van der Waals surface area contributed by atoms with E-state index in [9.17, 15) is 4.79 Å². The summed E-state index contributed by atoms with van der Waals surface area (Å²) in [7, 11) is 2.06. The van der Waals surface area contributed by atoms with Crippen molar-refractivity contribution in [3.8, 4) is 17.0 Å². The molecule has 38 heavy (non-hydrogen) atoms. The van der Waals surface area contributed by atoms with Crippen LogP contribution in [0.4, 0.5) is 23.0 Å². The molecule has 0 saturated heterocycles. The van der Waals surface area contributed by atoms with E-state index in [1.165, 1.54) is 0 Å². The Bertz CT molecular complexity index is 1450.